The fourth-order valence-electron chi connectivity index (χ4n) is 9.71. The summed E-state index contributed by atoms with van der Waals surface area (Å²) in [5, 5.41) is -0.145. The van der Waals surface area contributed by atoms with Gasteiger partial charge in [-0.15, -0.1) is 0 Å². The van der Waals surface area contributed by atoms with Crippen molar-refractivity contribution in [1.29, 1.82) is 0 Å². The molecule has 3 heteroatoms. The summed E-state index contributed by atoms with van der Waals surface area (Å²) >= 11 is 0. The van der Waals surface area contributed by atoms with Crippen LogP contribution in [-0.4, -0.2) is 8.40 Å². The zero-order chi connectivity index (χ0) is 31.3. The van der Waals surface area contributed by atoms with E-state index in [1.54, 1.807) is 0 Å². The average molecular weight is 581 g/mol. The molecule has 2 aromatic carbocycles. The molecule has 0 unspecified atom stereocenters. The fraction of sp³-hybridized carbons (Fsp3) is 0.538. The minimum Gasteiger partial charge on any atom is -0.392 e. The largest absolute Gasteiger partial charge is 0.392 e. The number of rotatable bonds is 7. The van der Waals surface area contributed by atoms with Gasteiger partial charge in [0, 0.05) is 32.6 Å². The van der Waals surface area contributed by atoms with E-state index in [2.05, 4.69) is 149 Å². The molecule has 0 amide bonds. The number of fused-ring (bicyclic) bond motifs is 4. The van der Waals surface area contributed by atoms with Crippen LogP contribution in [0.25, 0.3) is 0 Å². The smallest absolute Gasteiger partial charge is 0.288 e. The molecule has 0 saturated carbocycles. The van der Waals surface area contributed by atoms with Crippen LogP contribution in [0.2, 0.25) is 10.1 Å². The Balaban J connectivity index is 1.94. The van der Waals surface area contributed by atoms with Gasteiger partial charge in [-0.25, -0.2) is 0 Å². The minimum absolute atomic E-state index is 0.00800. The molecule has 1 N–H and O–H groups in total. The molecule has 226 valence electrons. The van der Waals surface area contributed by atoms with Crippen molar-refractivity contribution in [3.05, 3.63) is 93.7 Å². The third kappa shape index (κ3) is 3.38. The summed E-state index contributed by atoms with van der Waals surface area (Å²) in [7, 11) is -2.74. The number of benzene rings is 2. The summed E-state index contributed by atoms with van der Waals surface area (Å²) in [6, 6.07) is 14.0. The van der Waals surface area contributed by atoms with Crippen LogP contribution < -0.4 is 9.55 Å². The van der Waals surface area contributed by atoms with Crippen molar-refractivity contribution in [2.45, 2.75) is 131 Å². The molecule has 2 heterocycles. The summed E-state index contributed by atoms with van der Waals surface area (Å²) in [6.07, 6.45) is 2.68. The molecule has 2 aromatic rings. The Labute approximate surface area is 258 Å². The first-order valence-corrected chi connectivity index (χ1v) is 18.3. The van der Waals surface area contributed by atoms with Crippen LogP contribution in [0.1, 0.15) is 143 Å². The van der Waals surface area contributed by atoms with E-state index in [-0.39, 0.29) is 15.5 Å². The van der Waals surface area contributed by atoms with Gasteiger partial charge in [0.25, 0.3) is 8.40 Å². The molecule has 0 aromatic heterocycles. The molecule has 4 atom stereocenters. The lowest BCUT2D eigenvalue weighted by Crippen LogP contribution is -2.84. The fourth-order valence-corrected chi connectivity index (χ4v) is 17.3. The zero-order valence-corrected chi connectivity index (χ0v) is 30.0. The number of hydrogen-bond donors (Lipinski definition) is 1. The predicted octanol–water partition coefficient (Wildman–Crippen LogP) is 11.9. The second-order valence-electron chi connectivity index (χ2n) is 15.4. The SMILES string of the molecule is C=C1C(C)=C(C)[C@]2(C)[C@@]1(C)[Si@]1(Nc3c(C(C)C)cccc3C(C)C)N(c3c(C(C)C)cccc3C(C)C)C(C)=C[C@]21C. The monoisotopic (exact) mass is 580 g/mol. The predicted molar refractivity (Wildman–Crippen MR) is 187 cm³/mol. The number of anilines is 2. The lowest BCUT2D eigenvalue weighted by atomic mass is 9.63. The van der Waals surface area contributed by atoms with Gasteiger partial charge in [0.1, 0.15) is 0 Å². The third-order valence-corrected chi connectivity index (χ3v) is 18.6. The van der Waals surface area contributed by atoms with Crippen molar-refractivity contribution < 1.29 is 0 Å². The van der Waals surface area contributed by atoms with Crippen molar-refractivity contribution in [3.63, 3.8) is 0 Å². The molecule has 0 radical (unpaired) electrons. The summed E-state index contributed by atoms with van der Waals surface area (Å²) in [5.74, 6) is 1.69. The molecule has 0 spiro atoms. The maximum Gasteiger partial charge on any atom is 0.288 e. The first kappa shape index (κ1) is 30.9. The number of nitrogens with zero attached hydrogens (tertiary/aromatic N) is 1. The molecule has 1 saturated heterocycles. The van der Waals surface area contributed by atoms with Crippen LogP contribution in [-0.2, 0) is 0 Å². The first-order valence-electron chi connectivity index (χ1n) is 16.4. The second-order valence-corrected chi connectivity index (χ2v) is 19.5. The number of hydrogen-bond acceptors (Lipinski definition) is 2. The van der Waals surface area contributed by atoms with E-state index in [1.165, 1.54) is 56.0 Å². The van der Waals surface area contributed by atoms with Crippen LogP contribution in [0.15, 0.2) is 71.5 Å². The molecule has 1 fully saturated rings. The van der Waals surface area contributed by atoms with Gasteiger partial charge in [-0.1, -0.05) is 131 Å². The van der Waals surface area contributed by atoms with Gasteiger partial charge < -0.3 is 9.55 Å². The van der Waals surface area contributed by atoms with Gasteiger partial charge in [0.2, 0.25) is 0 Å². The van der Waals surface area contributed by atoms with Crippen LogP contribution >= 0.6 is 0 Å². The maximum absolute atomic E-state index is 4.93. The minimum atomic E-state index is -2.74. The van der Waals surface area contributed by atoms with E-state index in [1.807, 2.05) is 0 Å². The molecule has 42 heavy (non-hydrogen) atoms. The number of para-hydroxylation sites is 2. The van der Waals surface area contributed by atoms with Crippen molar-refractivity contribution in [3.8, 4) is 0 Å². The average Bonchev–Trinajstić information content (AvgIpc) is 3.21. The lowest BCUT2D eigenvalue weighted by Gasteiger charge is -2.76. The zero-order valence-electron chi connectivity index (χ0n) is 29.0. The molecule has 1 aliphatic carbocycles. The highest BCUT2D eigenvalue weighted by atomic mass is 28.4. The highest BCUT2D eigenvalue weighted by Gasteiger charge is 2.90. The summed E-state index contributed by atoms with van der Waals surface area (Å²) < 4.78 is 2.90. The Morgan fingerprint density at radius 3 is 1.57 bits per heavy atom. The Morgan fingerprint density at radius 2 is 1.14 bits per heavy atom. The van der Waals surface area contributed by atoms with E-state index >= 15 is 0 Å². The number of allylic oxidation sites excluding steroid dienone is 5. The molecular formula is C39H56N2Si. The van der Waals surface area contributed by atoms with Crippen LogP contribution in [0.4, 0.5) is 11.4 Å². The second kappa shape index (κ2) is 9.74. The van der Waals surface area contributed by atoms with Gasteiger partial charge in [-0.05, 0) is 77.8 Å². The Morgan fingerprint density at radius 1 is 0.714 bits per heavy atom. The van der Waals surface area contributed by atoms with Crippen molar-refractivity contribution >= 4 is 19.8 Å². The molecule has 2 nitrogen and oxygen atoms in total. The standard InChI is InChI=1S/C39H56N2Si/c1-23(2)31-18-16-19-32(24(3)4)35(31)40-42-37(13,38(14)29(11)28(10)30(12)39(38,42)15)22-27(9)41(42)36-33(25(5)6)20-17-21-34(36)26(7)8/h16-26,40H,12H2,1-11,13-15H3/t37-,38+,39+,42-/m1/s1. The van der Waals surface area contributed by atoms with Crippen LogP contribution in [0.3, 0.4) is 0 Å². The third-order valence-electron chi connectivity index (χ3n) is 12.3. The molecule has 3 aliphatic rings. The highest BCUT2D eigenvalue weighted by Crippen LogP contribution is 2.91. The van der Waals surface area contributed by atoms with Crippen molar-refractivity contribution in [1.82, 2.24) is 0 Å². The van der Waals surface area contributed by atoms with Gasteiger partial charge in [-0.2, -0.15) is 0 Å². The molecule has 2 aliphatic heterocycles. The Hall–Kier alpha value is -2.52. The Kier molecular flexibility index (Phi) is 7.17. The van der Waals surface area contributed by atoms with E-state index in [4.69, 9.17) is 6.58 Å². The summed E-state index contributed by atoms with van der Waals surface area (Å²) in [4.78, 5) is 4.64. The van der Waals surface area contributed by atoms with E-state index < -0.39 is 8.40 Å². The topological polar surface area (TPSA) is 15.3 Å². The number of nitrogens with one attached hydrogen (secondary N) is 1. The summed E-state index contributed by atoms with van der Waals surface area (Å²) in [5.41, 5.74) is 14.3. The van der Waals surface area contributed by atoms with Crippen LogP contribution in [0, 0.1) is 5.41 Å². The normalized spacial score (nSPS) is 30.5. The first-order chi connectivity index (χ1) is 19.5. The van der Waals surface area contributed by atoms with Gasteiger partial charge in [0.15, 0.2) is 0 Å². The van der Waals surface area contributed by atoms with E-state index in [0.29, 0.717) is 23.7 Å². The van der Waals surface area contributed by atoms with Gasteiger partial charge in [0.05, 0.1) is 0 Å². The molecule has 0 bridgehead atoms. The van der Waals surface area contributed by atoms with Gasteiger partial charge >= 0.3 is 0 Å². The lowest BCUT2D eigenvalue weighted by molar-refractivity contribution is 0.182. The van der Waals surface area contributed by atoms with Crippen molar-refractivity contribution in [2.24, 2.45) is 5.41 Å². The summed E-state index contributed by atoms with van der Waals surface area (Å²) in [6.45, 7) is 38.6. The van der Waals surface area contributed by atoms with Crippen molar-refractivity contribution in [2.75, 3.05) is 9.55 Å². The van der Waals surface area contributed by atoms with E-state index in [0.717, 1.165) is 0 Å². The van der Waals surface area contributed by atoms with Crippen LogP contribution in [0.5, 0.6) is 0 Å². The van der Waals surface area contributed by atoms with Gasteiger partial charge in [-0.3, -0.25) is 0 Å². The quantitative estimate of drug-likeness (QED) is 0.328. The van der Waals surface area contributed by atoms with E-state index in [9.17, 15) is 0 Å². The Bertz CT molecular complexity index is 1470. The molecular weight excluding hydrogens is 525 g/mol. The highest BCUT2D eigenvalue weighted by molar-refractivity contribution is 6.97. The maximum atomic E-state index is 4.93. The molecule has 5 rings (SSSR count).